The molecule has 0 aliphatic carbocycles. The van der Waals surface area contributed by atoms with Crippen LogP contribution < -0.4 is 9.64 Å². The van der Waals surface area contributed by atoms with Crippen LogP contribution in [0.1, 0.15) is 51.8 Å². The average molecular weight is 420 g/mol. The normalized spacial score (nSPS) is 11.0. The van der Waals surface area contributed by atoms with E-state index in [2.05, 4.69) is 76.9 Å². The number of unbranched alkanes of at least 4 members (excludes halogenated alkanes) is 1. The summed E-state index contributed by atoms with van der Waals surface area (Å²) >= 11 is 3.58. The molecule has 4 nitrogen and oxygen atoms in total. The molecule has 0 aliphatic heterocycles. The molecule has 1 heterocycles. The molecule has 142 valence electrons. The molecule has 0 spiro atoms. The number of aryl methyl sites for hydroxylation is 1. The van der Waals surface area contributed by atoms with Crippen molar-refractivity contribution in [2.45, 2.75) is 53.5 Å². The molecule has 2 aromatic rings. The van der Waals surface area contributed by atoms with Crippen molar-refractivity contribution in [1.82, 2.24) is 10.2 Å². The molecule has 2 rings (SSSR count). The minimum absolute atomic E-state index is 0.496. The summed E-state index contributed by atoms with van der Waals surface area (Å²) in [6.45, 7) is 11.0. The van der Waals surface area contributed by atoms with Gasteiger partial charge in [-0.15, -0.1) is 5.10 Å². The van der Waals surface area contributed by atoms with Crippen LogP contribution in [-0.2, 0) is 13.0 Å². The van der Waals surface area contributed by atoms with Crippen molar-refractivity contribution >= 4 is 21.7 Å². The second-order valence-electron chi connectivity index (χ2n) is 6.96. The van der Waals surface area contributed by atoms with Gasteiger partial charge in [0.25, 0.3) is 0 Å². The third-order valence-corrected chi connectivity index (χ3v) is 4.65. The first-order valence-corrected chi connectivity index (χ1v) is 10.3. The van der Waals surface area contributed by atoms with Gasteiger partial charge in [-0.2, -0.15) is 5.10 Å². The number of rotatable bonds is 10. The number of benzene rings is 1. The Morgan fingerprint density at radius 3 is 2.54 bits per heavy atom. The van der Waals surface area contributed by atoms with Crippen LogP contribution in [0.15, 0.2) is 34.8 Å². The lowest BCUT2D eigenvalue weighted by Crippen LogP contribution is -2.24. The zero-order valence-electron chi connectivity index (χ0n) is 16.3. The molecule has 0 unspecified atom stereocenters. The van der Waals surface area contributed by atoms with E-state index in [9.17, 15) is 0 Å². The standard InChI is InChI=1S/C21H30BrN3O/c1-5-7-8-19-10-12-21(24-23-19)25(6-2)14-17-13-18(22)9-11-20(17)26-15-16(3)4/h9-13,16H,5-8,14-15H2,1-4H3. The molecule has 0 radical (unpaired) electrons. The van der Waals surface area contributed by atoms with Gasteiger partial charge >= 0.3 is 0 Å². The molecule has 0 N–H and O–H groups in total. The van der Waals surface area contributed by atoms with Gasteiger partial charge in [-0.1, -0.05) is 43.1 Å². The van der Waals surface area contributed by atoms with Crippen LogP contribution in [-0.4, -0.2) is 23.3 Å². The third kappa shape index (κ3) is 6.27. The fourth-order valence-corrected chi connectivity index (χ4v) is 3.05. The molecular weight excluding hydrogens is 390 g/mol. The summed E-state index contributed by atoms with van der Waals surface area (Å²) < 4.78 is 7.07. The van der Waals surface area contributed by atoms with E-state index in [-0.39, 0.29) is 0 Å². The first-order chi connectivity index (χ1) is 12.5. The van der Waals surface area contributed by atoms with Crippen LogP contribution in [0.3, 0.4) is 0 Å². The summed E-state index contributed by atoms with van der Waals surface area (Å²) in [6, 6.07) is 10.4. The average Bonchev–Trinajstić information content (AvgIpc) is 2.64. The Balaban J connectivity index is 2.14. The van der Waals surface area contributed by atoms with Crippen molar-refractivity contribution < 1.29 is 4.74 Å². The highest BCUT2D eigenvalue weighted by atomic mass is 79.9. The van der Waals surface area contributed by atoms with Crippen LogP contribution in [0.25, 0.3) is 0 Å². The van der Waals surface area contributed by atoms with E-state index in [0.717, 1.165) is 53.2 Å². The molecule has 0 saturated carbocycles. The van der Waals surface area contributed by atoms with Gasteiger partial charge in [-0.05, 0) is 56.0 Å². The van der Waals surface area contributed by atoms with E-state index >= 15 is 0 Å². The highest BCUT2D eigenvalue weighted by Crippen LogP contribution is 2.26. The van der Waals surface area contributed by atoms with Crippen LogP contribution in [0.4, 0.5) is 5.82 Å². The minimum Gasteiger partial charge on any atom is -0.493 e. The zero-order valence-corrected chi connectivity index (χ0v) is 17.9. The van der Waals surface area contributed by atoms with E-state index in [4.69, 9.17) is 4.74 Å². The van der Waals surface area contributed by atoms with E-state index in [1.54, 1.807) is 0 Å². The lowest BCUT2D eigenvalue weighted by Gasteiger charge is -2.23. The summed E-state index contributed by atoms with van der Waals surface area (Å²) in [6.07, 6.45) is 3.32. The first-order valence-electron chi connectivity index (χ1n) is 9.52. The maximum Gasteiger partial charge on any atom is 0.151 e. The highest BCUT2D eigenvalue weighted by molar-refractivity contribution is 9.10. The van der Waals surface area contributed by atoms with E-state index < -0.39 is 0 Å². The third-order valence-electron chi connectivity index (χ3n) is 4.15. The van der Waals surface area contributed by atoms with Crippen LogP contribution >= 0.6 is 15.9 Å². The summed E-state index contributed by atoms with van der Waals surface area (Å²) in [5.74, 6) is 2.34. The monoisotopic (exact) mass is 419 g/mol. The van der Waals surface area contributed by atoms with Crippen LogP contribution in [0, 0.1) is 5.92 Å². The van der Waals surface area contributed by atoms with Crippen molar-refractivity contribution in [2.24, 2.45) is 5.92 Å². The van der Waals surface area contributed by atoms with E-state index in [1.165, 1.54) is 6.42 Å². The molecule has 1 aromatic heterocycles. The Morgan fingerprint density at radius 2 is 1.92 bits per heavy atom. The molecule has 0 atom stereocenters. The number of anilines is 1. The number of ether oxygens (including phenoxy) is 1. The van der Waals surface area contributed by atoms with Crippen molar-refractivity contribution in [1.29, 1.82) is 0 Å². The van der Waals surface area contributed by atoms with Crippen molar-refractivity contribution in [3.63, 3.8) is 0 Å². The van der Waals surface area contributed by atoms with Gasteiger partial charge in [-0.3, -0.25) is 0 Å². The van der Waals surface area contributed by atoms with Crippen LogP contribution in [0.2, 0.25) is 0 Å². The topological polar surface area (TPSA) is 38.2 Å². The van der Waals surface area contributed by atoms with Crippen LogP contribution in [0.5, 0.6) is 5.75 Å². The molecule has 1 aromatic carbocycles. The van der Waals surface area contributed by atoms with Gasteiger partial charge in [0.15, 0.2) is 5.82 Å². The van der Waals surface area contributed by atoms with Gasteiger partial charge in [0.2, 0.25) is 0 Å². The van der Waals surface area contributed by atoms with Gasteiger partial charge in [0.1, 0.15) is 5.75 Å². The largest absolute Gasteiger partial charge is 0.493 e. The Morgan fingerprint density at radius 1 is 1.12 bits per heavy atom. The molecular formula is C21H30BrN3O. The maximum absolute atomic E-state index is 6.01. The summed E-state index contributed by atoms with van der Waals surface area (Å²) in [7, 11) is 0. The Kier molecular flexibility index (Phi) is 8.36. The summed E-state index contributed by atoms with van der Waals surface area (Å²) in [4.78, 5) is 2.22. The molecule has 0 amide bonds. The molecule has 0 fully saturated rings. The second-order valence-corrected chi connectivity index (χ2v) is 7.87. The zero-order chi connectivity index (χ0) is 18.9. The number of aromatic nitrogens is 2. The number of hydrogen-bond acceptors (Lipinski definition) is 4. The summed E-state index contributed by atoms with van der Waals surface area (Å²) in [5, 5.41) is 8.84. The maximum atomic E-state index is 6.01. The second kappa shape index (κ2) is 10.5. The first kappa shape index (κ1) is 20.7. The van der Waals surface area contributed by atoms with Crippen molar-refractivity contribution in [3.05, 3.63) is 46.1 Å². The molecule has 5 heteroatoms. The number of halogens is 1. The molecule has 0 aliphatic rings. The Bertz CT molecular complexity index is 673. The minimum atomic E-state index is 0.496. The molecule has 0 saturated heterocycles. The molecule has 26 heavy (non-hydrogen) atoms. The molecule has 0 bridgehead atoms. The fourth-order valence-electron chi connectivity index (χ4n) is 2.64. The Hall–Kier alpha value is -1.62. The van der Waals surface area contributed by atoms with Gasteiger partial charge in [0, 0.05) is 23.1 Å². The van der Waals surface area contributed by atoms with Gasteiger partial charge < -0.3 is 9.64 Å². The van der Waals surface area contributed by atoms with E-state index in [1.807, 2.05) is 12.1 Å². The smallest absolute Gasteiger partial charge is 0.151 e. The fraction of sp³-hybridized carbons (Fsp3) is 0.524. The number of nitrogens with zero attached hydrogens (tertiary/aromatic N) is 3. The SMILES string of the molecule is CCCCc1ccc(N(CC)Cc2cc(Br)ccc2OCC(C)C)nn1. The van der Waals surface area contributed by atoms with Crippen molar-refractivity contribution in [2.75, 3.05) is 18.1 Å². The predicted octanol–water partition coefficient (Wildman–Crippen LogP) is 5.64. The Labute approximate surface area is 166 Å². The van der Waals surface area contributed by atoms with Gasteiger partial charge in [-0.25, -0.2) is 0 Å². The van der Waals surface area contributed by atoms with Gasteiger partial charge in [0.05, 0.1) is 12.3 Å². The summed E-state index contributed by atoms with van der Waals surface area (Å²) in [5.41, 5.74) is 2.22. The van der Waals surface area contributed by atoms with Crippen molar-refractivity contribution in [3.8, 4) is 5.75 Å². The predicted molar refractivity (Wildman–Crippen MR) is 112 cm³/mol. The lowest BCUT2D eigenvalue weighted by atomic mass is 10.1. The van der Waals surface area contributed by atoms with E-state index in [0.29, 0.717) is 12.5 Å². The quantitative estimate of drug-likeness (QED) is 0.498. The lowest BCUT2D eigenvalue weighted by molar-refractivity contribution is 0.268. The highest BCUT2D eigenvalue weighted by Gasteiger charge is 2.13. The number of hydrogen-bond donors (Lipinski definition) is 0.